The van der Waals surface area contributed by atoms with E-state index < -0.39 is 0 Å². The first-order chi connectivity index (χ1) is 6.22. The van der Waals surface area contributed by atoms with Crippen LogP contribution < -0.4 is 0 Å². The Kier molecular flexibility index (Phi) is 1.71. The molecule has 0 spiro atoms. The van der Waals surface area contributed by atoms with Crippen molar-refractivity contribution in [3.05, 3.63) is 28.5 Å². The minimum absolute atomic E-state index is 0.118. The highest BCUT2D eigenvalue weighted by molar-refractivity contribution is 9.10. The third-order valence-corrected chi connectivity index (χ3v) is 2.24. The van der Waals surface area contributed by atoms with Gasteiger partial charge in [0.15, 0.2) is 0 Å². The minimum Gasteiger partial charge on any atom is -0.506 e. The van der Waals surface area contributed by atoms with E-state index in [2.05, 4.69) is 21.0 Å². The number of pyridine rings is 1. The highest BCUT2D eigenvalue weighted by Crippen LogP contribution is 2.21. The van der Waals surface area contributed by atoms with Gasteiger partial charge in [-0.15, -0.1) is 0 Å². The first-order valence-corrected chi connectivity index (χ1v) is 4.28. The number of aromatic hydroxyl groups is 1. The topological polar surface area (TPSA) is 61.3 Å². The van der Waals surface area contributed by atoms with Crippen LogP contribution in [-0.4, -0.2) is 14.7 Å². The van der Waals surface area contributed by atoms with Crippen LogP contribution in [-0.2, 0) is 0 Å². The molecular formula is C8H4BrN3O. The fourth-order valence-corrected chi connectivity index (χ4v) is 1.58. The molecule has 13 heavy (non-hydrogen) atoms. The van der Waals surface area contributed by atoms with Gasteiger partial charge in [-0.2, -0.15) is 10.4 Å². The summed E-state index contributed by atoms with van der Waals surface area (Å²) in [7, 11) is 0. The van der Waals surface area contributed by atoms with Crippen LogP contribution in [0.15, 0.2) is 22.9 Å². The molecular weight excluding hydrogens is 234 g/mol. The molecule has 0 aliphatic carbocycles. The number of nitriles is 1. The molecule has 0 radical (unpaired) electrons. The quantitative estimate of drug-likeness (QED) is 0.759. The Morgan fingerprint density at radius 2 is 2.31 bits per heavy atom. The molecule has 2 rings (SSSR count). The lowest BCUT2D eigenvalue weighted by molar-refractivity contribution is 0.470. The molecule has 0 bridgehead atoms. The number of hydrogen-bond donors (Lipinski definition) is 1. The molecule has 1 N–H and O–H groups in total. The van der Waals surface area contributed by atoms with Crippen LogP contribution in [0.4, 0.5) is 0 Å². The van der Waals surface area contributed by atoms with Gasteiger partial charge in [-0.25, -0.2) is 4.52 Å². The molecule has 0 amide bonds. The summed E-state index contributed by atoms with van der Waals surface area (Å²) in [5, 5.41) is 21.9. The molecule has 2 heterocycles. The van der Waals surface area contributed by atoms with Crippen molar-refractivity contribution in [2.24, 2.45) is 0 Å². The summed E-state index contributed by atoms with van der Waals surface area (Å²) in [5.41, 5.74) is 1.15. The maximum Gasteiger partial charge on any atom is 0.146 e. The van der Waals surface area contributed by atoms with Crippen molar-refractivity contribution < 1.29 is 5.11 Å². The van der Waals surface area contributed by atoms with Crippen molar-refractivity contribution in [2.45, 2.75) is 0 Å². The first kappa shape index (κ1) is 8.08. The fraction of sp³-hybridized carbons (Fsp3) is 0. The van der Waals surface area contributed by atoms with Gasteiger partial charge in [0.05, 0.1) is 11.7 Å². The number of aromatic nitrogens is 2. The maximum atomic E-state index is 9.14. The van der Waals surface area contributed by atoms with E-state index in [9.17, 15) is 0 Å². The van der Waals surface area contributed by atoms with E-state index in [-0.39, 0.29) is 5.75 Å². The Bertz CT molecular complexity index is 512. The van der Waals surface area contributed by atoms with Crippen molar-refractivity contribution >= 4 is 21.4 Å². The summed E-state index contributed by atoms with van der Waals surface area (Å²) in [4.78, 5) is 0. The monoisotopic (exact) mass is 237 g/mol. The Morgan fingerprint density at radius 1 is 1.54 bits per heavy atom. The second kappa shape index (κ2) is 2.75. The number of rotatable bonds is 0. The molecule has 0 atom stereocenters. The van der Waals surface area contributed by atoms with Crippen molar-refractivity contribution in [3.63, 3.8) is 0 Å². The molecule has 2 aromatic rings. The molecule has 0 aliphatic rings. The lowest BCUT2D eigenvalue weighted by atomic mass is 10.3. The van der Waals surface area contributed by atoms with Crippen LogP contribution in [0, 0.1) is 11.3 Å². The van der Waals surface area contributed by atoms with E-state index in [4.69, 9.17) is 10.4 Å². The van der Waals surface area contributed by atoms with Gasteiger partial charge in [0.25, 0.3) is 0 Å². The maximum absolute atomic E-state index is 9.14. The molecule has 0 saturated heterocycles. The Hall–Kier alpha value is -1.54. The molecule has 64 valence electrons. The van der Waals surface area contributed by atoms with Gasteiger partial charge in [0.1, 0.15) is 22.0 Å². The second-order valence-electron chi connectivity index (χ2n) is 2.49. The van der Waals surface area contributed by atoms with Gasteiger partial charge in [0.2, 0.25) is 0 Å². The smallest absolute Gasteiger partial charge is 0.146 e. The standard InChI is InChI=1S/C8H4BrN3O/c9-8-6(3-10)7-2-1-5(13)4-12(7)11-8/h1-2,4,13H. The van der Waals surface area contributed by atoms with Crippen LogP contribution in [0.2, 0.25) is 0 Å². The minimum atomic E-state index is 0.118. The van der Waals surface area contributed by atoms with E-state index in [1.165, 1.54) is 16.8 Å². The number of nitrogens with zero attached hydrogens (tertiary/aromatic N) is 3. The average molecular weight is 238 g/mol. The summed E-state index contributed by atoms with van der Waals surface area (Å²) >= 11 is 3.16. The van der Waals surface area contributed by atoms with Gasteiger partial charge in [-0.3, -0.25) is 0 Å². The Labute approximate surface area is 82.2 Å². The highest BCUT2D eigenvalue weighted by Gasteiger charge is 2.09. The van der Waals surface area contributed by atoms with E-state index in [1.807, 2.05) is 6.07 Å². The van der Waals surface area contributed by atoms with Gasteiger partial charge in [-0.05, 0) is 28.1 Å². The summed E-state index contributed by atoms with van der Waals surface area (Å²) in [6.07, 6.45) is 1.45. The summed E-state index contributed by atoms with van der Waals surface area (Å²) < 4.78 is 1.94. The van der Waals surface area contributed by atoms with Crippen molar-refractivity contribution in [1.82, 2.24) is 9.61 Å². The molecule has 0 fully saturated rings. The Morgan fingerprint density at radius 3 is 3.00 bits per heavy atom. The third kappa shape index (κ3) is 1.15. The molecule has 0 aromatic carbocycles. The molecule has 0 unspecified atom stereocenters. The highest BCUT2D eigenvalue weighted by atomic mass is 79.9. The van der Waals surface area contributed by atoms with Crippen LogP contribution in [0.5, 0.6) is 5.75 Å². The van der Waals surface area contributed by atoms with Crippen LogP contribution in [0.25, 0.3) is 5.52 Å². The first-order valence-electron chi connectivity index (χ1n) is 3.49. The van der Waals surface area contributed by atoms with Crippen molar-refractivity contribution in [3.8, 4) is 11.8 Å². The van der Waals surface area contributed by atoms with E-state index in [0.29, 0.717) is 15.7 Å². The lowest BCUT2D eigenvalue weighted by Gasteiger charge is -1.92. The fourth-order valence-electron chi connectivity index (χ4n) is 1.11. The second-order valence-corrected chi connectivity index (χ2v) is 3.25. The van der Waals surface area contributed by atoms with Gasteiger partial charge < -0.3 is 5.11 Å². The van der Waals surface area contributed by atoms with Crippen LogP contribution >= 0.6 is 15.9 Å². The summed E-state index contributed by atoms with van der Waals surface area (Å²) in [5.74, 6) is 0.118. The number of halogens is 1. The predicted molar refractivity (Wildman–Crippen MR) is 49.3 cm³/mol. The lowest BCUT2D eigenvalue weighted by Crippen LogP contribution is -1.84. The SMILES string of the molecule is N#Cc1c(Br)nn2cc(O)ccc12. The van der Waals surface area contributed by atoms with Crippen molar-refractivity contribution in [2.75, 3.05) is 0 Å². The zero-order valence-corrected chi connectivity index (χ0v) is 7.98. The Balaban J connectivity index is 2.88. The van der Waals surface area contributed by atoms with E-state index in [1.54, 1.807) is 6.07 Å². The molecule has 5 heteroatoms. The van der Waals surface area contributed by atoms with Gasteiger partial charge >= 0.3 is 0 Å². The molecule has 2 aromatic heterocycles. The average Bonchev–Trinajstić information content (AvgIpc) is 2.39. The van der Waals surface area contributed by atoms with Crippen LogP contribution in [0.3, 0.4) is 0 Å². The molecule has 0 saturated carbocycles. The largest absolute Gasteiger partial charge is 0.506 e. The van der Waals surface area contributed by atoms with Gasteiger partial charge in [-0.1, -0.05) is 0 Å². The molecule has 0 aliphatic heterocycles. The number of fused-ring (bicyclic) bond motifs is 1. The van der Waals surface area contributed by atoms with E-state index in [0.717, 1.165) is 0 Å². The predicted octanol–water partition coefficient (Wildman–Crippen LogP) is 1.67. The van der Waals surface area contributed by atoms with Gasteiger partial charge in [0, 0.05) is 0 Å². The molecule has 4 nitrogen and oxygen atoms in total. The summed E-state index contributed by atoms with van der Waals surface area (Å²) in [6, 6.07) is 5.19. The number of hydrogen-bond acceptors (Lipinski definition) is 3. The normalized spacial score (nSPS) is 10.2. The van der Waals surface area contributed by atoms with Crippen LogP contribution in [0.1, 0.15) is 5.56 Å². The third-order valence-electron chi connectivity index (χ3n) is 1.68. The summed E-state index contributed by atoms with van der Waals surface area (Å²) in [6.45, 7) is 0. The zero-order chi connectivity index (χ0) is 9.42. The van der Waals surface area contributed by atoms with Crippen molar-refractivity contribution in [1.29, 1.82) is 5.26 Å². The van der Waals surface area contributed by atoms with E-state index >= 15 is 0 Å². The zero-order valence-electron chi connectivity index (χ0n) is 6.40.